The fourth-order valence-corrected chi connectivity index (χ4v) is 2.87. The van der Waals surface area contributed by atoms with E-state index in [4.69, 9.17) is 0 Å². The van der Waals surface area contributed by atoms with Gasteiger partial charge in [0.25, 0.3) is 0 Å². The highest BCUT2D eigenvalue weighted by molar-refractivity contribution is 5.73. The van der Waals surface area contributed by atoms with Gasteiger partial charge in [-0.3, -0.25) is 4.79 Å². The Balaban J connectivity index is 2.67. The van der Waals surface area contributed by atoms with Gasteiger partial charge in [0.2, 0.25) is 0 Å². The summed E-state index contributed by atoms with van der Waals surface area (Å²) in [5.74, 6) is 1.32. The molecule has 0 spiro atoms. The van der Waals surface area contributed by atoms with E-state index >= 15 is 0 Å². The van der Waals surface area contributed by atoms with Crippen LogP contribution in [0.25, 0.3) is 0 Å². The van der Waals surface area contributed by atoms with Crippen molar-refractivity contribution < 1.29 is 4.79 Å². The highest BCUT2D eigenvalue weighted by Crippen LogP contribution is 2.30. The van der Waals surface area contributed by atoms with Crippen molar-refractivity contribution in [2.24, 2.45) is 11.8 Å². The van der Waals surface area contributed by atoms with E-state index in [-0.39, 0.29) is 0 Å². The van der Waals surface area contributed by atoms with Gasteiger partial charge < -0.3 is 0 Å². The normalized spacial score (nSPS) is 26.9. The number of carbonyl (C=O) groups is 1. The quantitative estimate of drug-likeness (QED) is 0.469. The van der Waals surface area contributed by atoms with Crippen LogP contribution in [-0.4, -0.2) is 6.29 Å². The third kappa shape index (κ3) is 6.36. The Bertz CT molecular complexity index is 394. The molecule has 0 heterocycles. The summed E-state index contributed by atoms with van der Waals surface area (Å²) in [4.78, 5) is 11.2. The van der Waals surface area contributed by atoms with Gasteiger partial charge in [-0.15, -0.1) is 0 Å². The lowest BCUT2D eigenvalue weighted by atomic mass is 9.81. The number of carbonyl (C=O) groups excluding carboxylic acids is 1. The van der Waals surface area contributed by atoms with E-state index in [9.17, 15) is 4.79 Å². The minimum absolute atomic E-state index is 0.637. The van der Waals surface area contributed by atoms with Gasteiger partial charge in [-0.25, -0.2) is 0 Å². The zero-order chi connectivity index (χ0) is 15.0. The Kier molecular flexibility index (Phi) is 7.58. The van der Waals surface area contributed by atoms with Crippen LogP contribution in [0.1, 0.15) is 66.2 Å². The van der Waals surface area contributed by atoms with Crippen LogP contribution in [0.2, 0.25) is 0 Å². The third-order valence-corrected chi connectivity index (χ3v) is 4.38. The van der Waals surface area contributed by atoms with E-state index < -0.39 is 0 Å². The van der Waals surface area contributed by atoms with Crippen LogP contribution in [0.15, 0.2) is 34.9 Å². The van der Waals surface area contributed by atoms with Gasteiger partial charge in [0.1, 0.15) is 6.29 Å². The van der Waals surface area contributed by atoms with E-state index in [0.29, 0.717) is 11.8 Å². The maximum absolute atomic E-state index is 11.2. The molecule has 0 bridgehead atoms. The first-order valence-corrected chi connectivity index (χ1v) is 7.96. The molecule has 1 unspecified atom stereocenters. The molecule has 1 aliphatic carbocycles. The fourth-order valence-electron chi connectivity index (χ4n) is 2.87. The van der Waals surface area contributed by atoms with Crippen molar-refractivity contribution in [1.29, 1.82) is 0 Å². The molecule has 20 heavy (non-hydrogen) atoms. The zero-order valence-electron chi connectivity index (χ0n) is 13.6. The average molecular weight is 274 g/mol. The first kappa shape index (κ1) is 16.9. The molecular weight excluding hydrogens is 244 g/mol. The summed E-state index contributed by atoms with van der Waals surface area (Å²) in [7, 11) is 0. The van der Waals surface area contributed by atoms with E-state index in [0.717, 1.165) is 31.1 Å². The van der Waals surface area contributed by atoms with E-state index in [2.05, 4.69) is 45.9 Å². The topological polar surface area (TPSA) is 17.1 Å². The Labute approximate surface area is 124 Å². The molecule has 112 valence electrons. The van der Waals surface area contributed by atoms with Crippen LogP contribution in [-0.2, 0) is 4.79 Å². The Morgan fingerprint density at radius 2 is 2.15 bits per heavy atom. The van der Waals surface area contributed by atoms with Crippen molar-refractivity contribution >= 4 is 6.29 Å². The summed E-state index contributed by atoms with van der Waals surface area (Å²) in [6.07, 6.45) is 14.4. The minimum Gasteiger partial charge on any atom is -0.298 e. The molecule has 0 fully saturated rings. The van der Waals surface area contributed by atoms with Crippen molar-refractivity contribution in [3.8, 4) is 0 Å². The largest absolute Gasteiger partial charge is 0.298 e. The third-order valence-electron chi connectivity index (χ3n) is 4.38. The monoisotopic (exact) mass is 274 g/mol. The van der Waals surface area contributed by atoms with Crippen LogP contribution in [0.5, 0.6) is 0 Å². The Hall–Kier alpha value is -1.11. The van der Waals surface area contributed by atoms with Crippen LogP contribution in [0, 0.1) is 11.8 Å². The molecule has 1 nitrogen and oxygen atoms in total. The number of hydrogen-bond donors (Lipinski definition) is 0. The predicted octanol–water partition coefficient (Wildman–Crippen LogP) is 5.63. The molecule has 0 aromatic heterocycles. The molecule has 0 saturated carbocycles. The molecule has 1 rings (SSSR count). The standard InChI is InChI=1S/C19H30O/c1-15(2)7-5-9-17(4)19-12-11-16(3)8-6-10-18(13-19)14-20/h7-8,10,14,17,19H,5-6,9,11-13H2,1-4H3/b16-8+,18-10+/t17?,19-/m0/s1. The summed E-state index contributed by atoms with van der Waals surface area (Å²) >= 11 is 0. The smallest absolute Gasteiger partial charge is 0.145 e. The fraction of sp³-hybridized carbons (Fsp3) is 0.632. The van der Waals surface area contributed by atoms with E-state index in [1.54, 1.807) is 0 Å². The summed E-state index contributed by atoms with van der Waals surface area (Å²) < 4.78 is 0. The minimum atomic E-state index is 0.637. The number of allylic oxidation sites excluding steroid dienone is 6. The first-order valence-electron chi connectivity index (χ1n) is 7.96. The average Bonchev–Trinajstić information content (AvgIpc) is 2.48. The van der Waals surface area contributed by atoms with Gasteiger partial charge in [0, 0.05) is 0 Å². The molecule has 0 amide bonds. The molecule has 0 saturated heterocycles. The van der Waals surface area contributed by atoms with Crippen molar-refractivity contribution in [3.63, 3.8) is 0 Å². The van der Waals surface area contributed by atoms with Crippen molar-refractivity contribution in [1.82, 2.24) is 0 Å². The molecule has 0 aromatic rings. The Morgan fingerprint density at radius 3 is 2.80 bits per heavy atom. The molecule has 2 atom stereocenters. The summed E-state index contributed by atoms with van der Waals surface area (Å²) in [6, 6.07) is 0. The molecule has 0 N–H and O–H groups in total. The van der Waals surface area contributed by atoms with Crippen LogP contribution >= 0.6 is 0 Å². The second kappa shape index (κ2) is 8.94. The van der Waals surface area contributed by atoms with Gasteiger partial charge in [-0.1, -0.05) is 36.3 Å². The summed E-state index contributed by atoms with van der Waals surface area (Å²) in [5, 5.41) is 0. The number of hydrogen-bond acceptors (Lipinski definition) is 1. The lowest BCUT2D eigenvalue weighted by Crippen LogP contribution is -2.13. The van der Waals surface area contributed by atoms with Crippen LogP contribution < -0.4 is 0 Å². The lowest BCUT2D eigenvalue weighted by Gasteiger charge is -2.24. The molecule has 0 aliphatic heterocycles. The molecule has 1 heteroatoms. The number of rotatable bonds is 5. The molecule has 1 aliphatic rings. The van der Waals surface area contributed by atoms with Gasteiger partial charge in [0.05, 0.1) is 0 Å². The van der Waals surface area contributed by atoms with Gasteiger partial charge >= 0.3 is 0 Å². The second-order valence-corrected chi connectivity index (χ2v) is 6.52. The van der Waals surface area contributed by atoms with Crippen molar-refractivity contribution in [3.05, 3.63) is 34.9 Å². The summed E-state index contributed by atoms with van der Waals surface area (Å²) in [5.41, 5.74) is 3.86. The van der Waals surface area contributed by atoms with Crippen molar-refractivity contribution in [2.75, 3.05) is 0 Å². The first-order chi connectivity index (χ1) is 9.52. The molecule has 0 radical (unpaired) electrons. The van der Waals surface area contributed by atoms with Crippen LogP contribution in [0.4, 0.5) is 0 Å². The van der Waals surface area contributed by atoms with Crippen molar-refractivity contribution in [2.45, 2.75) is 66.2 Å². The summed E-state index contributed by atoms with van der Waals surface area (Å²) in [6.45, 7) is 8.88. The Morgan fingerprint density at radius 1 is 1.40 bits per heavy atom. The van der Waals surface area contributed by atoms with Gasteiger partial charge in [-0.05, 0) is 76.7 Å². The maximum Gasteiger partial charge on any atom is 0.145 e. The lowest BCUT2D eigenvalue weighted by molar-refractivity contribution is -0.105. The second-order valence-electron chi connectivity index (χ2n) is 6.52. The maximum atomic E-state index is 11.2. The predicted molar refractivity (Wildman–Crippen MR) is 87.7 cm³/mol. The molecule has 0 aromatic carbocycles. The number of aldehydes is 1. The zero-order valence-corrected chi connectivity index (χ0v) is 13.6. The van der Waals surface area contributed by atoms with E-state index in [1.807, 2.05) is 0 Å². The highest BCUT2D eigenvalue weighted by atomic mass is 16.1. The van der Waals surface area contributed by atoms with E-state index in [1.165, 1.54) is 30.4 Å². The molecular formula is C19H30O. The SMILES string of the molecule is CC(C)=CCCC(C)[C@H]1CC/C(C)=C/C/C=C(/C=O)C1. The highest BCUT2D eigenvalue weighted by Gasteiger charge is 2.19. The van der Waals surface area contributed by atoms with Crippen LogP contribution in [0.3, 0.4) is 0 Å². The van der Waals surface area contributed by atoms with Gasteiger partial charge in [-0.2, -0.15) is 0 Å². The van der Waals surface area contributed by atoms with Gasteiger partial charge in [0.15, 0.2) is 0 Å².